The van der Waals surface area contributed by atoms with Crippen LogP contribution in [-0.4, -0.2) is 60.8 Å². The fraction of sp³-hybridized carbons (Fsp3) is 0.917. The van der Waals surface area contributed by atoms with Gasteiger partial charge in [-0.3, -0.25) is 4.90 Å². The summed E-state index contributed by atoms with van der Waals surface area (Å²) in [5.41, 5.74) is 5.10. The Morgan fingerprint density at radius 1 is 1.53 bits per heavy atom. The number of ether oxygens (including phenoxy) is 1. The van der Waals surface area contributed by atoms with E-state index < -0.39 is 5.60 Å². The van der Waals surface area contributed by atoms with Crippen LogP contribution in [0, 0.1) is 0 Å². The van der Waals surface area contributed by atoms with Gasteiger partial charge in [0.15, 0.2) is 0 Å². The molecule has 0 aromatic heterocycles. The van der Waals surface area contributed by atoms with E-state index in [2.05, 4.69) is 4.90 Å². The van der Waals surface area contributed by atoms with Gasteiger partial charge in [-0.15, -0.1) is 0 Å². The van der Waals surface area contributed by atoms with E-state index in [-0.39, 0.29) is 12.1 Å². The molecule has 1 atom stereocenters. The van der Waals surface area contributed by atoms with Crippen LogP contribution in [0.5, 0.6) is 0 Å². The maximum atomic E-state index is 11.9. The first kappa shape index (κ1) is 14.3. The summed E-state index contributed by atoms with van der Waals surface area (Å²) in [6.07, 6.45) is 0.757. The second-order valence-corrected chi connectivity index (χ2v) is 5.62. The summed E-state index contributed by atoms with van der Waals surface area (Å²) < 4.78 is 5.35. The lowest BCUT2D eigenvalue weighted by atomic mass is 10.2. The highest BCUT2D eigenvalue weighted by molar-refractivity contribution is 5.68. The van der Waals surface area contributed by atoms with Crippen molar-refractivity contribution in [2.45, 2.75) is 38.8 Å². The van der Waals surface area contributed by atoms with E-state index in [1.807, 2.05) is 27.8 Å². The van der Waals surface area contributed by atoms with Crippen LogP contribution in [0.4, 0.5) is 4.79 Å². The quantitative estimate of drug-likeness (QED) is 0.799. The molecule has 100 valence electrons. The molecule has 1 rings (SSSR count). The van der Waals surface area contributed by atoms with E-state index in [4.69, 9.17) is 10.5 Å². The highest BCUT2D eigenvalue weighted by Crippen LogP contribution is 2.17. The van der Waals surface area contributed by atoms with Crippen LogP contribution >= 0.6 is 0 Å². The Kier molecular flexibility index (Phi) is 4.77. The van der Waals surface area contributed by atoms with Gasteiger partial charge in [-0.25, -0.2) is 4.79 Å². The Balaban J connectivity index is 2.43. The molecule has 0 bridgehead atoms. The van der Waals surface area contributed by atoms with E-state index in [9.17, 15) is 4.79 Å². The summed E-state index contributed by atoms with van der Waals surface area (Å²) in [5, 5.41) is 0. The van der Waals surface area contributed by atoms with Gasteiger partial charge in [0.1, 0.15) is 5.60 Å². The van der Waals surface area contributed by atoms with E-state index in [0.717, 1.165) is 26.1 Å². The molecule has 0 saturated carbocycles. The molecule has 2 N–H and O–H groups in total. The first-order valence-corrected chi connectivity index (χ1v) is 6.21. The van der Waals surface area contributed by atoms with Gasteiger partial charge in [-0.1, -0.05) is 0 Å². The third-order valence-electron chi connectivity index (χ3n) is 2.92. The predicted octanol–water partition coefficient (Wildman–Crippen LogP) is 0.886. The van der Waals surface area contributed by atoms with Gasteiger partial charge in [0.25, 0.3) is 0 Å². The normalized spacial score (nSPS) is 21.6. The Morgan fingerprint density at radius 2 is 2.18 bits per heavy atom. The summed E-state index contributed by atoms with van der Waals surface area (Å²) >= 11 is 0. The largest absolute Gasteiger partial charge is 0.444 e. The molecule has 1 amide bonds. The Labute approximate surface area is 104 Å². The molecule has 0 aliphatic carbocycles. The number of nitrogens with zero attached hydrogens (tertiary/aromatic N) is 2. The lowest BCUT2D eigenvalue weighted by Gasteiger charge is -2.28. The minimum absolute atomic E-state index is 0.239. The zero-order valence-electron chi connectivity index (χ0n) is 11.4. The minimum atomic E-state index is -0.430. The summed E-state index contributed by atoms with van der Waals surface area (Å²) in [6.45, 7) is 9.12. The highest BCUT2D eigenvalue weighted by Gasteiger charge is 2.30. The number of hydrogen-bond donors (Lipinski definition) is 1. The van der Waals surface area contributed by atoms with Crippen molar-refractivity contribution in [3.63, 3.8) is 0 Å². The molecule has 5 nitrogen and oxygen atoms in total. The van der Waals surface area contributed by atoms with Crippen molar-refractivity contribution in [1.82, 2.24) is 9.80 Å². The van der Waals surface area contributed by atoms with Gasteiger partial charge in [0.05, 0.1) is 0 Å². The molecular formula is C12H25N3O2. The van der Waals surface area contributed by atoms with Crippen molar-refractivity contribution in [3.05, 3.63) is 0 Å². The number of rotatable bonds is 3. The van der Waals surface area contributed by atoms with Crippen molar-refractivity contribution in [2.24, 2.45) is 5.73 Å². The first-order valence-electron chi connectivity index (χ1n) is 6.21. The molecule has 1 heterocycles. The van der Waals surface area contributed by atoms with Gasteiger partial charge in [-0.05, 0) is 27.2 Å². The molecule has 5 heteroatoms. The topological polar surface area (TPSA) is 58.8 Å². The lowest BCUT2D eigenvalue weighted by molar-refractivity contribution is 0.0229. The minimum Gasteiger partial charge on any atom is -0.444 e. The lowest BCUT2D eigenvalue weighted by Crippen LogP contribution is -2.42. The maximum Gasteiger partial charge on any atom is 0.410 e. The van der Waals surface area contributed by atoms with E-state index >= 15 is 0 Å². The van der Waals surface area contributed by atoms with Gasteiger partial charge in [0.2, 0.25) is 0 Å². The zero-order valence-corrected chi connectivity index (χ0v) is 11.4. The van der Waals surface area contributed by atoms with E-state index in [1.165, 1.54) is 0 Å². The third-order valence-corrected chi connectivity index (χ3v) is 2.92. The smallest absolute Gasteiger partial charge is 0.410 e. The van der Waals surface area contributed by atoms with Crippen molar-refractivity contribution in [3.8, 4) is 0 Å². The van der Waals surface area contributed by atoms with Gasteiger partial charge in [0, 0.05) is 39.3 Å². The Hall–Kier alpha value is -0.810. The van der Waals surface area contributed by atoms with E-state index in [1.54, 1.807) is 4.90 Å². The van der Waals surface area contributed by atoms with Crippen LogP contribution in [0.15, 0.2) is 0 Å². The zero-order chi connectivity index (χ0) is 13.1. The van der Waals surface area contributed by atoms with Crippen LogP contribution < -0.4 is 5.73 Å². The standard InChI is InChI=1S/C12H25N3O2/c1-12(2,3)17-11(16)14(4)10-5-7-15(9-10)8-6-13/h10H,5-9,13H2,1-4H3/t10-/m1/s1. The fourth-order valence-corrected chi connectivity index (χ4v) is 2.00. The number of carbonyl (C=O) groups excluding carboxylic acids is 1. The Morgan fingerprint density at radius 3 is 2.71 bits per heavy atom. The SMILES string of the molecule is CN(C(=O)OC(C)(C)C)[C@@H]1CCN(CCN)C1. The molecule has 1 saturated heterocycles. The molecule has 0 aromatic rings. The monoisotopic (exact) mass is 243 g/mol. The molecular weight excluding hydrogens is 218 g/mol. The molecule has 1 aliphatic rings. The van der Waals surface area contributed by atoms with Gasteiger partial charge in [-0.2, -0.15) is 0 Å². The average molecular weight is 243 g/mol. The first-order chi connectivity index (χ1) is 7.83. The average Bonchev–Trinajstić information content (AvgIpc) is 2.63. The van der Waals surface area contributed by atoms with Crippen LogP contribution in [0.25, 0.3) is 0 Å². The van der Waals surface area contributed by atoms with Crippen LogP contribution in [0.1, 0.15) is 27.2 Å². The molecule has 17 heavy (non-hydrogen) atoms. The predicted molar refractivity (Wildman–Crippen MR) is 67.9 cm³/mol. The summed E-state index contributed by atoms with van der Waals surface area (Å²) in [7, 11) is 1.81. The van der Waals surface area contributed by atoms with Crippen LogP contribution in [0.3, 0.4) is 0 Å². The number of hydrogen-bond acceptors (Lipinski definition) is 4. The number of amides is 1. The van der Waals surface area contributed by atoms with E-state index in [0.29, 0.717) is 6.54 Å². The molecule has 1 fully saturated rings. The summed E-state index contributed by atoms with van der Waals surface area (Å²) in [6, 6.07) is 0.247. The van der Waals surface area contributed by atoms with Crippen LogP contribution in [0.2, 0.25) is 0 Å². The van der Waals surface area contributed by atoms with Crippen molar-refractivity contribution in [1.29, 1.82) is 0 Å². The molecule has 0 unspecified atom stereocenters. The fourth-order valence-electron chi connectivity index (χ4n) is 2.00. The van der Waals surface area contributed by atoms with Gasteiger partial charge >= 0.3 is 6.09 Å². The number of likely N-dealkylation sites (N-methyl/N-ethyl adjacent to an activating group) is 1. The Bertz CT molecular complexity index is 263. The number of likely N-dealkylation sites (tertiary alicyclic amines) is 1. The summed E-state index contributed by atoms with van der Waals surface area (Å²) in [4.78, 5) is 15.9. The third kappa shape index (κ3) is 4.52. The van der Waals surface area contributed by atoms with Crippen molar-refractivity contribution < 1.29 is 9.53 Å². The number of nitrogens with two attached hydrogens (primary N) is 1. The van der Waals surface area contributed by atoms with Crippen LogP contribution in [-0.2, 0) is 4.74 Å². The number of carbonyl (C=O) groups is 1. The van der Waals surface area contributed by atoms with Crippen molar-refractivity contribution >= 4 is 6.09 Å². The highest BCUT2D eigenvalue weighted by atomic mass is 16.6. The summed E-state index contributed by atoms with van der Waals surface area (Å²) in [5.74, 6) is 0. The second-order valence-electron chi connectivity index (χ2n) is 5.62. The molecule has 0 aromatic carbocycles. The van der Waals surface area contributed by atoms with Gasteiger partial charge < -0.3 is 15.4 Å². The molecule has 0 spiro atoms. The molecule has 0 radical (unpaired) electrons. The van der Waals surface area contributed by atoms with Crippen molar-refractivity contribution in [2.75, 3.05) is 33.2 Å². The maximum absolute atomic E-state index is 11.9. The molecule has 1 aliphatic heterocycles. The second kappa shape index (κ2) is 5.69.